The summed E-state index contributed by atoms with van der Waals surface area (Å²) in [6.07, 6.45) is 3.58. The molecule has 2 aromatic carbocycles. The van der Waals surface area contributed by atoms with Crippen molar-refractivity contribution in [3.63, 3.8) is 0 Å². The van der Waals surface area contributed by atoms with E-state index in [9.17, 15) is 23.7 Å². The molecule has 1 saturated heterocycles. The number of likely N-dealkylation sites (tertiary alicyclic amines) is 1. The highest BCUT2D eigenvalue weighted by Crippen LogP contribution is 2.36. The van der Waals surface area contributed by atoms with E-state index in [0.29, 0.717) is 19.0 Å². The number of ether oxygens (including phenoxy) is 2. The van der Waals surface area contributed by atoms with Gasteiger partial charge in [-0.1, -0.05) is 30.3 Å². The van der Waals surface area contributed by atoms with Crippen LogP contribution in [-0.2, 0) is 6.42 Å². The van der Waals surface area contributed by atoms with Crippen LogP contribution in [0.3, 0.4) is 0 Å². The van der Waals surface area contributed by atoms with Gasteiger partial charge >= 0.3 is 6.61 Å². The van der Waals surface area contributed by atoms with Gasteiger partial charge in [-0.05, 0) is 37.2 Å². The monoisotopic (exact) mass is 434 g/mol. The van der Waals surface area contributed by atoms with Gasteiger partial charge in [-0.3, -0.25) is 14.9 Å². The molecule has 0 radical (unpaired) electrons. The fraction of sp³-hybridized carbons (Fsp3) is 0.409. The van der Waals surface area contributed by atoms with Gasteiger partial charge in [-0.2, -0.15) is 8.78 Å². The summed E-state index contributed by atoms with van der Waals surface area (Å²) in [5.41, 5.74) is 0.480. The van der Waals surface area contributed by atoms with Gasteiger partial charge in [0.25, 0.3) is 11.6 Å². The summed E-state index contributed by atoms with van der Waals surface area (Å²) in [5, 5.41) is 11.5. The number of benzene rings is 2. The number of nitro benzene ring substituents is 1. The van der Waals surface area contributed by atoms with Gasteiger partial charge in [0.05, 0.1) is 18.1 Å². The standard InChI is InChI=1S/C22H24F2N2O5/c1-30-19-13-17(18(26(28)29)14-20(19)31-22(23)24)21(27)25-11-9-16(10-12-25)8-7-15-5-3-2-4-6-15/h2-6,13-14,16,22H,7-12H2,1H3. The fourth-order valence-electron chi connectivity index (χ4n) is 3.83. The Hall–Kier alpha value is -3.23. The minimum atomic E-state index is -3.18. The zero-order valence-corrected chi connectivity index (χ0v) is 17.1. The number of nitrogens with zero attached hydrogens (tertiary/aromatic N) is 2. The molecule has 0 bridgehead atoms. The molecule has 0 N–H and O–H groups in total. The highest BCUT2D eigenvalue weighted by atomic mass is 19.3. The van der Waals surface area contributed by atoms with E-state index in [1.54, 1.807) is 4.90 Å². The summed E-state index contributed by atoms with van der Waals surface area (Å²) in [4.78, 5) is 25.2. The Bertz CT molecular complexity index is 916. The van der Waals surface area contributed by atoms with Gasteiger partial charge in [0.2, 0.25) is 0 Å². The summed E-state index contributed by atoms with van der Waals surface area (Å²) < 4.78 is 34.5. The van der Waals surface area contributed by atoms with Gasteiger partial charge < -0.3 is 14.4 Å². The number of aryl methyl sites for hydroxylation is 1. The molecular weight excluding hydrogens is 410 g/mol. The highest BCUT2D eigenvalue weighted by Gasteiger charge is 2.31. The van der Waals surface area contributed by atoms with Crippen LogP contribution in [-0.4, -0.2) is 42.5 Å². The third kappa shape index (κ3) is 5.68. The van der Waals surface area contributed by atoms with Gasteiger partial charge in [-0.15, -0.1) is 0 Å². The van der Waals surface area contributed by atoms with Crippen LogP contribution in [0.25, 0.3) is 0 Å². The molecule has 31 heavy (non-hydrogen) atoms. The zero-order valence-electron chi connectivity index (χ0n) is 17.1. The number of piperidine rings is 1. The number of carbonyl (C=O) groups is 1. The quantitative estimate of drug-likeness (QED) is 0.445. The topological polar surface area (TPSA) is 81.9 Å². The van der Waals surface area contributed by atoms with E-state index >= 15 is 0 Å². The number of rotatable bonds is 8. The van der Waals surface area contributed by atoms with Gasteiger partial charge in [0, 0.05) is 19.2 Å². The molecule has 0 saturated carbocycles. The maximum Gasteiger partial charge on any atom is 0.387 e. The molecule has 7 nitrogen and oxygen atoms in total. The van der Waals surface area contributed by atoms with E-state index in [1.807, 2.05) is 18.2 Å². The predicted octanol–water partition coefficient (Wildman–Crippen LogP) is 4.69. The minimum absolute atomic E-state index is 0.160. The summed E-state index contributed by atoms with van der Waals surface area (Å²) >= 11 is 0. The van der Waals surface area contributed by atoms with Crippen LogP contribution >= 0.6 is 0 Å². The third-order valence-corrected chi connectivity index (χ3v) is 5.51. The molecule has 0 unspecified atom stereocenters. The first-order valence-electron chi connectivity index (χ1n) is 10.0. The number of halogens is 2. The first-order chi connectivity index (χ1) is 14.9. The van der Waals surface area contributed by atoms with E-state index in [0.717, 1.165) is 37.8 Å². The molecule has 166 valence electrons. The molecule has 9 heteroatoms. The molecule has 3 rings (SSSR count). The van der Waals surface area contributed by atoms with Crippen LogP contribution in [0, 0.1) is 16.0 Å². The summed E-state index contributed by atoms with van der Waals surface area (Å²) in [7, 11) is 1.21. The molecule has 1 amide bonds. The van der Waals surface area contributed by atoms with Crippen LogP contribution in [0.2, 0.25) is 0 Å². The molecule has 0 spiro atoms. The predicted molar refractivity (Wildman–Crippen MR) is 110 cm³/mol. The zero-order chi connectivity index (χ0) is 22.4. The van der Waals surface area contributed by atoms with E-state index < -0.39 is 28.9 Å². The largest absolute Gasteiger partial charge is 0.493 e. The third-order valence-electron chi connectivity index (χ3n) is 5.51. The Morgan fingerprint density at radius 1 is 1.19 bits per heavy atom. The second kappa shape index (κ2) is 10.2. The van der Waals surface area contributed by atoms with E-state index in [4.69, 9.17) is 4.74 Å². The average molecular weight is 434 g/mol. The summed E-state index contributed by atoms with van der Waals surface area (Å²) in [6.45, 7) is -2.22. The maximum absolute atomic E-state index is 13.0. The molecule has 1 aliphatic rings. The second-order valence-electron chi connectivity index (χ2n) is 7.42. The van der Waals surface area contributed by atoms with E-state index in [2.05, 4.69) is 16.9 Å². The lowest BCUT2D eigenvalue weighted by molar-refractivity contribution is -0.385. The lowest BCUT2D eigenvalue weighted by atomic mass is 9.90. The number of hydrogen-bond donors (Lipinski definition) is 0. The SMILES string of the molecule is COc1cc(C(=O)N2CCC(CCc3ccccc3)CC2)c([N+](=O)[O-])cc1OC(F)F. The summed E-state index contributed by atoms with van der Waals surface area (Å²) in [6, 6.07) is 12.1. The Morgan fingerprint density at radius 2 is 1.87 bits per heavy atom. The molecule has 2 aromatic rings. The average Bonchev–Trinajstić information content (AvgIpc) is 2.77. The van der Waals surface area contributed by atoms with Crippen molar-refractivity contribution >= 4 is 11.6 Å². The van der Waals surface area contributed by atoms with E-state index in [1.165, 1.54) is 12.7 Å². The van der Waals surface area contributed by atoms with Crippen molar-refractivity contribution in [3.05, 3.63) is 63.7 Å². The first-order valence-corrected chi connectivity index (χ1v) is 10.0. The maximum atomic E-state index is 13.0. The lowest BCUT2D eigenvalue weighted by Gasteiger charge is -2.32. The van der Waals surface area contributed by atoms with Crippen LogP contribution in [0.5, 0.6) is 11.5 Å². The van der Waals surface area contributed by atoms with Gasteiger partial charge in [-0.25, -0.2) is 0 Å². The van der Waals surface area contributed by atoms with Crippen molar-refractivity contribution < 1.29 is 28.0 Å². The van der Waals surface area contributed by atoms with Crippen molar-refractivity contribution in [2.75, 3.05) is 20.2 Å². The number of nitro groups is 1. The first kappa shape index (κ1) is 22.5. The fourth-order valence-corrected chi connectivity index (χ4v) is 3.83. The smallest absolute Gasteiger partial charge is 0.387 e. The van der Waals surface area contributed by atoms with Crippen LogP contribution in [0.4, 0.5) is 14.5 Å². The normalized spacial score (nSPS) is 14.5. The van der Waals surface area contributed by atoms with Crippen molar-refractivity contribution in [1.29, 1.82) is 0 Å². The minimum Gasteiger partial charge on any atom is -0.493 e. The Labute approximate surface area is 178 Å². The summed E-state index contributed by atoms with van der Waals surface area (Å²) in [5.74, 6) is -0.696. The van der Waals surface area contributed by atoms with Crippen LogP contribution in [0.1, 0.15) is 35.2 Å². The Balaban J connectivity index is 1.69. The van der Waals surface area contributed by atoms with Gasteiger partial charge in [0.1, 0.15) is 5.56 Å². The number of carbonyl (C=O) groups excluding carboxylic acids is 1. The van der Waals surface area contributed by atoms with Crippen molar-refractivity contribution in [3.8, 4) is 11.5 Å². The number of methoxy groups -OCH3 is 1. The molecular formula is C22H24F2N2O5. The number of amides is 1. The Morgan fingerprint density at radius 3 is 2.45 bits per heavy atom. The number of alkyl halides is 2. The Kier molecular flexibility index (Phi) is 7.38. The van der Waals surface area contributed by atoms with E-state index in [-0.39, 0.29) is 11.3 Å². The van der Waals surface area contributed by atoms with Crippen LogP contribution in [0.15, 0.2) is 42.5 Å². The van der Waals surface area contributed by atoms with Crippen molar-refractivity contribution in [2.45, 2.75) is 32.3 Å². The van der Waals surface area contributed by atoms with Crippen molar-refractivity contribution in [2.24, 2.45) is 5.92 Å². The van der Waals surface area contributed by atoms with Crippen LogP contribution < -0.4 is 9.47 Å². The molecule has 1 heterocycles. The number of hydrogen-bond acceptors (Lipinski definition) is 5. The van der Waals surface area contributed by atoms with Gasteiger partial charge in [0.15, 0.2) is 11.5 Å². The highest BCUT2D eigenvalue weighted by molar-refractivity contribution is 5.99. The molecule has 0 aliphatic carbocycles. The second-order valence-corrected chi connectivity index (χ2v) is 7.42. The molecule has 0 atom stereocenters. The molecule has 1 fully saturated rings. The lowest BCUT2D eigenvalue weighted by Crippen LogP contribution is -2.38. The molecule has 1 aliphatic heterocycles. The molecule has 0 aromatic heterocycles. The van der Waals surface area contributed by atoms with Crippen molar-refractivity contribution in [1.82, 2.24) is 4.90 Å².